The summed E-state index contributed by atoms with van der Waals surface area (Å²) in [4.78, 5) is 50.2. The zero-order chi connectivity index (χ0) is 29.2. The van der Waals surface area contributed by atoms with E-state index >= 15 is 0 Å². The molecule has 0 aliphatic carbocycles. The summed E-state index contributed by atoms with van der Waals surface area (Å²) in [6, 6.07) is 28.3. The minimum Gasteiger partial charge on any atom is -0.478 e. The molecule has 0 spiro atoms. The van der Waals surface area contributed by atoms with Gasteiger partial charge >= 0.3 is 5.97 Å². The van der Waals surface area contributed by atoms with Crippen LogP contribution in [-0.2, 0) is 9.59 Å². The maximum Gasteiger partial charge on any atom is 0.335 e. The van der Waals surface area contributed by atoms with E-state index in [-0.39, 0.29) is 22.9 Å². The third-order valence-corrected chi connectivity index (χ3v) is 6.95. The molecule has 0 aliphatic rings. The first-order valence-corrected chi connectivity index (χ1v) is 13.6. The highest BCUT2D eigenvalue weighted by atomic mass is 35.5. The van der Waals surface area contributed by atoms with Crippen LogP contribution in [0.3, 0.4) is 0 Å². The summed E-state index contributed by atoms with van der Waals surface area (Å²) in [7, 11) is 0. The molecule has 8 nitrogen and oxygen atoms in total. The molecule has 0 unspecified atom stereocenters. The number of benzene rings is 4. The van der Waals surface area contributed by atoms with Gasteiger partial charge in [0.05, 0.1) is 11.3 Å². The lowest BCUT2D eigenvalue weighted by molar-refractivity contribution is -0.114. The monoisotopic (exact) mass is 585 g/mol. The second-order valence-corrected chi connectivity index (χ2v) is 10.1. The third-order valence-electron chi connectivity index (χ3n) is 5.61. The largest absolute Gasteiger partial charge is 0.478 e. The molecule has 4 rings (SSSR count). The molecule has 0 aromatic heterocycles. The maximum atomic E-state index is 13.3. The molecule has 10 heteroatoms. The molecule has 0 radical (unpaired) electrons. The number of hydrogen-bond acceptors (Lipinski definition) is 5. The van der Waals surface area contributed by atoms with Crippen LogP contribution in [0.15, 0.2) is 114 Å². The number of thioether (sulfide) groups is 1. The molecule has 3 amide bonds. The molecule has 0 aliphatic heterocycles. The molecule has 0 bridgehead atoms. The van der Waals surface area contributed by atoms with Crippen molar-refractivity contribution in [2.75, 3.05) is 16.4 Å². The van der Waals surface area contributed by atoms with Crippen molar-refractivity contribution in [2.24, 2.45) is 0 Å². The van der Waals surface area contributed by atoms with E-state index in [0.29, 0.717) is 27.5 Å². The summed E-state index contributed by atoms with van der Waals surface area (Å²) >= 11 is 7.55. The van der Waals surface area contributed by atoms with Crippen molar-refractivity contribution >= 4 is 64.5 Å². The van der Waals surface area contributed by atoms with E-state index in [9.17, 15) is 19.2 Å². The Bertz CT molecular complexity index is 1610. The van der Waals surface area contributed by atoms with Crippen LogP contribution in [0.1, 0.15) is 26.3 Å². The van der Waals surface area contributed by atoms with Crippen molar-refractivity contribution in [2.45, 2.75) is 4.90 Å². The van der Waals surface area contributed by atoms with Crippen LogP contribution in [0.4, 0.5) is 11.4 Å². The fourth-order valence-electron chi connectivity index (χ4n) is 3.59. The Morgan fingerprint density at radius 2 is 1.46 bits per heavy atom. The molecule has 4 aromatic rings. The molecule has 0 fully saturated rings. The lowest BCUT2D eigenvalue weighted by Crippen LogP contribution is -2.30. The third kappa shape index (κ3) is 8.56. The number of nitrogens with one attached hydrogen (secondary N) is 3. The van der Waals surface area contributed by atoms with Gasteiger partial charge in [0.2, 0.25) is 5.91 Å². The van der Waals surface area contributed by atoms with Crippen molar-refractivity contribution in [3.8, 4) is 0 Å². The number of carbonyl (C=O) groups is 4. The first-order valence-electron chi connectivity index (χ1n) is 12.3. The van der Waals surface area contributed by atoms with E-state index in [0.717, 1.165) is 4.90 Å². The molecule has 0 atom stereocenters. The first kappa shape index (κ1) is 29.1. The van der Waals surface area contributed by atoms with Crippen LogP contribution in [0.2, 0.25) is 5.02 Å². The Balaban J connectivity index is 1.43. The SMILES string of the molecule is O=C(CSc1cccc(NC(=O)/C(=C\c2ccccc2Cl)NC(=O)c2ccccc2)c1)Nc1ccc(C(=O)O)cc1. The molecule has 206 valence electrons. The Labute approximate surface area is 245 Å². The molecule has 41 heavy (non-hydrogen) atoms. The molecule has 0 heterocycles. The highest BCUT2D eigenvalue weighted by Gasteiger charge is 2.16. The summed E-state index contributed by atoms with van der Waals surface area (Å²) < 4.78 is 0. The van der Waals surface area contributed by atoms with Gasteiger partial charge in [0.1, 0.15) is 5.70 Å². The minimum absolute atomic E-state index is 0.00157. The number of rotatable bonds is 10. The summed E-state index contributed by atoms with van der Waals surface area (Å²) in [5.74, 6) is -2.24. The Kier molecular flexibility index (Phi) is 9.93. The summed E-state index contributed by atoms with van der Waals surface area (Å²) in [5.41, 5.74) is 2.01. The molecule has 4 N–H and O–H groups in total. The number of amides is 3. The topological polar surface area (TPSA) is 125 Å². The molecular formula is C31H24ClN3O5S. The highest BCUT2D eigenvalue weighted by Crippen LogP contribution is 2.23. The van der Waals surface area contributed by atoms with Gasteiger partial charge in [-0.15, -0.1) is 11.8 Å². The van der Waals surface area contributed by atoms with E-state index in [1.54, 1.807) is 78.9 Å². The smallest absolute Gasteiger partial charge is 0.335 e. The molecule has 0 saturated heterocycles. The number of carbonyl (C=O) groups excluding carboxylic acids is 3. The highest BCUT2D eigenvalue weighted by molar-refractivity contribution is 8.00. The van der Waals surface area contributed by atoms with Gasteiger partial charge in [0, 0.05) is 26.9 Å². The molecule has 0 saturated carbocycles. The summed E-state index contributed by atoms with van der Waals surface area (Å²) in [6.45, 7) is 0. The predicted molar refractivity (Wildman–Crippen MR) is 161 cm³/mol. The number of carboxylic acids is 1. The normalized spacial score (nSPS) is 10.9. The fourth-order valence-corrected chi connectivity index (χ4v) is 4.54. The van der Waals surface area contributed by atoms with Crippen molar-refractivity contribution in [3.05, 3.63) is 131 Å². The number of aromatic carboxylic acids is 1. The maximum absolute atomic E-state index is 13.3. The number of carboxylic acid groups (broad SMARTS) is 1. The van der Waals surface area contributed by atoms with Crippen LogP contribution in [0, 0.1) is 0 Å². The average Bonchev–Trinajstić information content (AvgIpc) is 2.97. The summed E-state index contributed by atoms with van der Waals surface area (Å²) in [6.07, 6.45) is 1.50. The lowest BCUT2D eigenvalue weighted by atomic mass is 10.1. The standard InChI is InChI=1S/C31H24ClN3O5S/c32-26-12-5-4-9-22(26)17-27(35-29(37)20-7-2-1-3-8-20)30(38)34-24-10-6-11-25(18-24)41-19-28(36)33-23-15-13-21(14-16-23)31(39)40/h1-18H,19H2,(H,33,36)(H,34,38)(H,35,37)(H,39,40)/b27-17+. The fraction of sp³-hybridized carbons (Fsp3) is 0.0323. The Morgan fingerprint density at radius 3 is 2.17 bits per heavy atom. The van der Waals surface area contributed by atoms with Gasteiger partial charge < -0.3 is 21.1 Å². The van der Waals surface area contributed by atoms with Gasteiger partial charge in [-0.3, -0.25) is 14.4 Å². The predicted octanol–water partition coefficient (Wildman–Crippen LogP) is 6.18. The second-order valence-electron chi connectivity index (χ2n) is 8.60. The van der Waals surface area contributed by atoms with Crippen molar-refractivity contribution in [1.82, 2.24) is 5.32 Å². The average molecular weight is 586 g/mol. The molecule has 4 aromatic carbocycles. The van der Waals surface area contributed by atoms with Crippen LogP contribution in [0.25, 0.3) is 6.08 Å². The van der Waals surface area contributed by atoms with Crippen LogP contribution in [0.5, 0.6) is 0 Å². The second kappa shape index (κ2) is 14.0. The zero-order valence-corrected chi connectivity index (χ0v) is 23.0. The van der Waals surface area contributed by atoms with Crippen molar-refractivity contribution < 1.29 is 24.3 Å². The van der Waals surface area contributed by atoms with Gasteiger partial charge in [-0.1, -0.05) is 54.1 Å². The number of anilines is 2. The van der Waals surface area contributed by atoms with E-state index in [4.69, 9.17) is 16.7 Å². The Hall–Kier alpha value is -4.86. The van der Waals surface area contributed by atoms with Crippen LogP contribution < -0.4 is 16.0 Å². The van der Waals surface area contributed by atoms with Crippen LogP contribution in [-0.4, -0.2) is 34.6 Å². The number of halogens is 1. The van der Waals surface area contributed by atoms with Gasteiger partial charge in [-0.05, 0) is 72.3 Å². The van der Waals surface area contributed by atoms with Gasteiger partial charge in [0.25, 0.3) is 11.8 Å². The lowest BCUT2D eigenvalue weighted by Gasteiger charge is -2.12. The zero-order valence-electron chi connectivity index (χ0n) is 21.5. The van der Waals surface area contributed by atoms with E-state index in [1.807, 2.05) is 0 Å². The first-order chi connectivity index (χ1) is 19.8. The Morgan fingerprint density at radius 1 is 0.756 bits per heavy atom. The van der Waals surface area contributed by atoms with Crippen LogP contribution >= 0.6 is 23.4 Å². The molecular weight excluding hydrogens is 562 g/mol. The van der Waals surface area contributed by atoms with Crippen molar-refractivity contribution in [3.63, 3.8) is 0 Å². The van der Waals surface area contributed by atoms with Gasteiger partial charge in [0.15, 0.2) is 0 Å². The van der Waals surface area contributed by atoms with Gasteiger partial charge in [-0.2, -0.15) is 0 Å². The summed E-state index contributed by atoms with van der Waals surface area (Å²) in [5, 5.41) is 17.6. The van der Waals surface area contributed by atoms with E-state index in [1.165, 1.54) is 42.1 Å². The number of hydrogen-bond donors (Lipinski definition) is 4. The van der Waals surface area contributed by atoms with Crippen molar-refractivity contribution in [1.29, 1.82) is 0 Å². The minimum atomic E-state index is -1.05. The van der Waals surface area contributed by atoms with Gasteiger partial charge in [-0.25, -0.2) is 4.79 Å². The van der Waals surface area contributed by atoms with E-state index < -0.39 is 17.8 Å². The quantitative estimate of drug-likeness (QED) is 0.130. The van der Waals surface area contributed by atoms with E-state index in [2.05, 4.69) is 16.0 Å².